The minimum atomic E-state index is -0.284. The van der Waals surface area contributed by atoms with Crippen LogP contribution in [0.1, 0.15) is 26.2 Å². The quantitative estimate of drug-likeness (QED) is 0.696. The summed E-state index contributed by atoms with van der Waals surface area (Å²) in [6.45, 7) is 5.13. The van der Waals surface area contributed by atoms with Crippen molar-refractivity contribution in [3.05, 3.63) is 0 Å². The summed E-state index contributed by atoms with van der Waals surface area (Å²) in [5.41, 5.74) is 0. The van der Waals surface area contributed by atoms with Gasteiger partial charge in [0.05, 0.1) is 26.4 Å². The van der Waals surface area contributed by atoms with Crippen LogP contribution in [0, 0.1) is 0 Å². The molecule has 0 aliphatic carbocycles. The molecule has 0 radical (unpaired) electrons. The van der Waals surface area contributed by atoms with Gasteiger partial charge in [-0.25, -0.2) is 0 Å². The van der Waals surface area contributed by atoms with E-state index in [-0.39, 0.29) is 24.0 Å². The number of nitrogens with zero attached hydrogens (tertiary/aromatic N) is 2. The van der Waals surface area contributed by atoms with Crippen LogP contribution in [0.2, 0.25) is 0 Å². The number of piperidine rings is 1. The Labute approximate surface area is 120 Å². The smallest absolute Gasteiger partial charge is 0.323 e. The number of esters is 1. The molecule has 2 heterocycles. The highest BCUT2D eigenvalue weighted by atomic mass is 16.5. The lowest BCUT2D eigenvalue weighted by Crippen LogP contribution is -2.56. The number of morpholine rings is 1. The van der Waals surface area contributed by atoms with Crippen molar-refractivity contribution in [3.63, 3.8) is 0 Å². The third-order valence-corrected chi connectivity index (χ3v) is 4.20. The Morgan fingerprint density at radius 2 is 1.90 bits per heavy atom. The van der Waals surface area contributed by atoms with Gasteiger partial charge in [0.1, 0.15) is 6.04 Å². The van der Waals surface area contributed by atoms with Gasteiger partial charge in [-0.3, -0.25) is 14.5 Å². The predicted molar refractivity (Wildman–Crippen MR) is 73.2 cm³/mol. The molecule has 2 fully saturated rings. The lowest BCUT2D eigenvalue weighted by molar-refractivity contribution is -0.153. The van der Waals surface area contributed by atoms with Crippen LogP contribution in [0.25, 0.3) is 0 Å². The van der Waals surface area contributed by atoms with Crippen LogP contribution in [0.5, 0.6) is 0 Å². The van der Waals surface area contributed by atoms with E-state index in [2.05, 4.69) is 0 Å². The average Bonchev–Trinajstić information content (AvgIpc) is 2.53. The van der Waals surface area contributed by atoms with Crippen molar-refractivity contribution in [2.75, 3.05) is 40.0 Å². The van der Waals surface area contributed by atoms with Gasteiger partial charge >= 0.3 is 5.97 Å². The molecule has 6 nitrogen and oxygen atoms in total. The Balaban J connectivity index is 2.02. The molecule has 2 aliphatic heterocycles. The van der Waals surface area contributed by atoms with E-state index >= 15 is 0 Å². The van der Waals surface area contributed by atoms with Gasteiger partial charge in [0, 0.05) is 13.1 Å². The second-order valence-corrected chi connectivity index (χ2v) is 5.39. The number of hydrogen-bond acceptors (Lipinski definition) is 5. The van der Waals surface area contributed by atoms with E-state index in [9.17, 15) is 9.59 Å². The summed E-state index contributed by atoms with van der Waals surface area (Å²) in [5.74, 6) is -0.143. The van der Waals surface area contributed by atoms with Gasteiger partial charge < -0.3 is 14.4 Å². The Hall–Kier alpha value is -1.14. The average molecular weight is 284 g/mol. The normalized spacial score (nSPS) is 26.1. The molecule has 0 N–H and O–H groups in total. The third kappa shape index (κ3) is 3.30. The third-order valence-electron chi connectivity index (χ3n) is 4.20. The number of carbonyl (C=O) groups excluding carboxylic acids is 2. The molecule has 0 bridgehead atoms. The first kappa shape index (κ1) is 15.3. The summed E-state index contributed by atoms with van der Waals surface area (Å²) in [5, 5.41) is 0. The van der Waals surface area contributed by atoms with Crippen molar-refractivity contribution in [2.45, 2.75) is 38.3 Å². The van der Waals surface area contributed by atoms with E-state index in [0.717, 1.165) is 25.8 Å². The van der Waals surface area contributed by atoms with Crippen molar-refractivity contribution in [1.29, 1.82) is 0 Å². The molecule has 0 spiro atoms. The van der Waals surface area contributed by atoms with Gasteiger partial charge in [-0.2, -0.15) is 0 Å². The zero-order valence-electron chi connectivity index (χ0n) is 12.3. The largest absolute Gasteiger partial charge is 0.468 e. The highest BCUT2D eigenvalue weighted by Gasteiger charge is 2.36. The number of rotatable bonds is 3. The predicted octanol–water partition coefficient (Wildman–Crippen LogP) is 0.261. The molecule has 2 aliphatic rings. The molecule has 20 heavy (non-hydrogen) atoms. The Morgan fingerprint density at radius 3 is 2.55 bits per heavy atom. The van der Waals surface area contributed by atoms with Gasteiger partial charge in [0.15, 0.2) is 0 Å². The number of ether oxygens (including phenoxy) is 2. The van der Waals surface area contributed by atoms with Gasteiger partial charge in [-0.05, 0) is 26.3 Å². The van der Waals surface area contributed by atoms with Crippen LogP contribution in [0.15, 0.2) is 0 Å². The highest BCUT2D eigenvalue weighted by Crippen LogP contribution is 2.21. The molecular weight excluding hydrogens is 260 g/mol. The maximum Gasteiger partial charge on any atom is 0.323 e. The van der Waals surface area contributed by atoms with Crippen LogP contribution >= 0.6 is 0 Å². The summed E-state index contributed by atoms with van der Waals surface area (Å²) in [7, 11) is 1.41. The van der Waals surface area contributed by atoms with Crippen molar-refractivity contribution in [3.8, 4) is 0 Å². The molecular formula is C14H24N2O4. The summed E-state index contributed by atoms with van der Waals surface area (Å²) in [6, 6.07) is -0.564. The van der Waals surface area contributed by atoms with Crippen molar-refractivity contribution in [1.82, 2.24) is 9.80 Å². The summed E-state index contributed by atoms with van der Waals surface area (Å²) in [4.78, 5) is 28.2. The maximum absolute atomic E-state index is 12.5. The number of hydrogen-bond donors (Lipinski definition) is 0. The Morgan fingerprint density at radius 1 is 1.20 bits per heavy atom. The van der Waals surface area contributed by atoms with E-state index in [1.165, 1.54) is 7.11 Å². The van der Waals surface area contributed by atoms with Crippen molar-refractivity contribution < 1.29 is 19.1 Å². The number of methoxy groups -OCH3 is 1. The van der Waals surface area contributed by atoms with Crippen LogP contribution in [-0.4, -0.2) is 73.7 Å². The summed E-state index contributed by atoms with van der Waals surface area (Å²) < 4.78 is 10.1. The topological polar surface area (TPSA) is 59.1 Å². The highest BCUT2D eigenvalue weighted by molar-refractivity contribution is 5.83. The molecule has 114 valence electrons. The van der Waals surface area contributed by atoms with E-state index in [1.807, 2.05) is 16.7 Å². The van der Waals surface area contributed by atoms with Gasteiger partial charge in [-0.1, -0.05) is 6.42 Å². The molecule has 0 saturated carbocycles. The zero-order valence-corrected chi connectivity index (χ0v) is 12.3. The molecule has 0 aromatic carbocycles. The van der Waals surface area contributed by atoms with Gasteiger partial charge in [-0.15, -0.1) is 0 Å². The molecule has 0 aromatic rings. The molecule has 2 rings (SSSR count). The summed E-state index contributed by atoms with van der Waals surface area (Å²) >= 11 is 0. The SMILES string of the molecule is COC(=O)C1CCCCN1C(C)C(=O)N1CCOCC1. The lowest BCUT2D eigenvalue weighted by Gasteiger charge is -2.39. The number of carbonyl (C=O) groups is 2. The standard InChI is InChI=1S/C14H24N2O4/c1-11(13(17)15-7-9-20-10-8-15)16-6-4-3-5-12(16)14(18)19-2/h11-12H,3-10H2,1-2H3. The first-order chi connectivity index (χ1) is 9.65. The molecule has 2 unspecified atom stereocenters. The fourth-order valence-corrected chi connectivity index (χ4v) is 3.00. The second-order valence-electron chi connectivity index (χ2n) is 5.39. The Kier molecular flexibility index (Phi) is 5.37. The fraction of sp³-hybridized carbons (Fsp3) is 0.857. The lowest BCUT2D eigenvalue weighted by atomic mass is 9.99. The van der Waals surface area contributed by atoms with E-state index in [1.54, 1.807) is 0 Å². The first-order valence-electron chi connectivity index (χ1n) is 7.35. The van der Waals surface area contributed by atoms with Crippen LogP contribution in [0.4, 0.5) is 0 Å². The maximum atomic E-state index is 12.5. The molecule has 6 heteroatoms. The molecule has 2 atom stereocenters. The monoisotopic (exact) mass is 284 g/mol. The first-order valence-corrected chi connectivity index (χ1v) is 7.35. The minimum absolute atomic E-state index is 0.0871. The second kappa shape index (κ2) is 7.04. The van der Waals surface area contributed by atoms with E-state index in [0.29, 0.717) is 26.3 Å². The zero-order chi connectivity index (χ0) is 14.5. The van der Waals surface area contributed by atoms with E-state index < -0.39 is 0 Å². The van der Waals surface area contributed by atoms with Crippen LogP contribution < -0.4 is 0 Å². The van der Waals surface area contributed by atoms with Crippen LogP contribution in [0.3, 0.4) is 0 Å². The summed E-state index contributed by atoms with van der Waals surface area (Å²) in [6.07, 6.45) is 2.80. The van der Waals surface area contributed by atoms with Crippen LogP contribution in [-0.2, 0) is 19.1 Å². The Bertz CT molecular complexity index is 355. The van der Waals surface area contributed by atoms with Crippen molar-refractivity contribution >= 4 is 11.9 Å². The number of likely N-dealkylation sites (tertiary alicyclic amines) is 1. The number of amides is 1. The fourth-order valence-electron chi connectivity index (χ4n) is 3.00. The minimum Gasteiger partial charge on any atom is -0.468 e. The van der Waals surface area contributed by atoms with Gasteiger partial charge in [0.25, 0.3) is 0 Å². The molecule has 1 amide bonds. The van der Waals surface area contributed by atoms with Gasteiger partial charge in [0.2, 0.25) is 5.91 Å². The van der Waals surface area contributed by atoms with Crippen molar-refractivity contribution in [2.24, 2.45) is 0 Å². The van der Waals surface area contributed by atoms with E-state index in [4.69, 9.17) is 9.47 Å². The molecule has 2 saturated heterocycles. The molecule has 0 aromatic heterocycles.